The number of nitrogens with zero attached hydrogens (tertiary/aromatic N) is 4. The van der Waals surface area contributed by atoms with Crippen molar-refractivity contribution in [1.82, 2.24) is 0 Å². The molecule has 0 bridgehead atoms. The molecule has 0 radical (unpaired) electrons. The highest BCUT2D eigenvalue weighted by Gasteiger charge is 2.22. The molecule has 30 heavy (non-hydrogen) atoms. The molecule has 0 aliphatic heterocycles. The lowest BCUT2D eigenvalue weighted by atomic mass is 9.83. The van der Waals surface area contributed by atoms with Crippen LogP contribution in [-0.2, 0) is 0 Å². The highest BCUT2D eigenvalue weighted by molar-refractivity contribution is 6.37. The Balaban J connectivity index is 2.34. The summed E-state index contributed by atoms with van der Waals surface area (Å²) in [5.74, 6) is 0. The number of hydrogen-bond donors (Lipinski definition) is 0. The Morgan fingerprint density at radius 2 is 1.10 bits per heavy atom. The van der Waals surface area contributed by atoms with Crippen LogP contribution in [0.15, 0.2) is 36.4 Å². The van der Waals surface area contributed by atoms with E-state index in [9.17, 15) is 15.8 Å². The molecule has 0 aliphatic carbocycles. The first-order valence-electron chi connectivity index (χ1n) is 9.34. The summed E-state index contributed by atoms with van der Waals surface area (Å²) in [6, 6.07) is 17.9. The van der Waals surface area contributed by atoms with Crippen molar-refractivity contribution in [3.8, 4) is 18.2 Å². The lowest BCUT2D eigenvalue weighted by molar-refractivity contribution is 1.46. The first-order valence-corrected chi connectivity index (χ1v) is 9.34. The van der Waals surface area contributed by atoms with E-state index in [1.54, 1.807) is 12.1 Å². The number of fused-ring (bicyclic) bond motifs is 2. The standard InChI is InChI=1S/C26H12N4/c1-13-5-7-19-24-20(30-3)9-17(12-29)22-14(2)4-6-18(26(22)24)23-16(11-28)8-15(10-27)21(13)25(19)23/h4-9H,1-2H3. The summed E-state index contributed by atoms with van der Waals surface area (Å²) in [5, 5.41) is 35.9. The molecule has 0 spiro atoms. The lowest BCUT2D eigenvalue weighted by Crippen LogP contribution is -1.96. The Labute approximate surface area is 172 Å². The molecule has 0 fully saturated rings. The predicted molar refractivity (Wildman–Crippen MR) is 118 cm³/mol. The molecule has 0 saturated heterocycles. The minimum absolute atomic E-state index is 0.405. The van der Waals surface area contributed by atoms with Gasteiger partial charge in [-0.1, -0.05) is 24.3 Å². The van der Waals surface area contributed by atoms with Crippen molar-refractivity contribution in [2.45, 2.75) is 13.8 Å². The third-order valence-corrected chi connectivity index (χ3v) is 5.98. The van der Waals surface area contributed by atoms with Crippen molar-refractivity contribution < 1.29 is 0 Å². The monoisotopic (exact) mass is 380 g/mol. The van der Waals surface area contributed by atoms with Gasteiger partial charge in [-0.3, -0.25) is 0 Å². The van der Waals surface area contributed by atoms with Crippen LogP contribution in [0.5, 0.6) is 0 Å². The molecule has 0 atom stereocenters. The topological polar surface area (TPSA) is 75.7 Å². The molecule has 5 aromatic carbocycles. The fourth-order valence-corrected chi connectivity index (χ4v) is 4.78. The number of nitriles is 3. The molecule has 0 N–H and O–H groups in total. The van der Waals surface area contributed by atoms with Gasteiger partial charge in [0.15, 0.2) is 5.69 Å². The normalized spacial score (nSPS) is 10.9. The Morgan fingerprint density at radius 3 is 1.63 bits per heavy atom. The molecule has 5 rings (SSSR count). The van der Waals surface area contributed by atoms with Crippen molar-refractivity contribution in [1.29, 1.82) is 15.8 Å². The van der Waals surface area contributed by atoms with E-state index in [0.29, 0.717) is 22.4 Å². The van der Waals surface area contributed by atoms with Gasteiger partial charge < -0.3 is 0 Å². The van der Waals surface area contributed by atoms with Crippen LogP contribution in [0.1, 0.15) is 27.8 Å². The first-order chi connectivity index (χ1) is 14.5. The van der Waals surface area contributed by atoms with Gasteiger partial charge in [-0.25, -0.2) is 4.85 Å². The maximum Gasteiger partial charge on any atom is 0.196 e. The highest BCUT2D eigenvalue weighted by atomic mass is 14.6. The number of benzene rings is 5. The van der Waals surface area contributed by atoms with Crippen LogP contribution < -0.4 is 0 Å². The van der Waals surface area contributed by atoms with Gasteiger partial charge >= 0.3 is 0 Å². The molecule has 4 heteroatoms. The van der Waals surface area contributed by atoms with Crippen LogP contribution in [0.3, 0.4) is 0 Å². The van der Waals surface area contributed by atoms with Gasteiger partial charge in [-0.15, -0.1) is 0 Å². The minimum atomic E-state index is 0.405. The van der Waals surface area contributed by atoms with Gasteiger partial charge in [0.05, 0.1) is 35.9 Å². The summed E-state index contributed by atoms with van der Waals surface area (Å²) in [5.41, 5.74) is 3.63. The zero-order valence-corrected chi connectivity index (χ0v) is 16.3. The van der Waals surface area contributed by atoms with E-state index in [1.807, 2.05) is 38.1 Å². The van der Waals surface area contributed by atoms with Gasteiger partial charge in [-0.05, 0) is 64.0 Å². The average molecular weight is 380 g/mol. The van der Waals surface area contributed by atoms with Crippen LogP contribution in [0, 0.1) is 54.4 Å². The summed E-state index contributed by atoms with van der Waals surface area (Å²) in [6.07, 6.45) is 0. The molecule has 0 heterocycles. The van der Waals surface area contributed by atoms with Crippen molar-refractivity contribution in [2.75, 3.05) is 0 Å². The lowest BCUT2D eigenvalue weighted by Gasteiger charge is -2.19. The summed E-state index contributed by atoms with van der Waals surface area (Å²) < 4.78 is 0. The predicted octanol–water partition coefficient (Wildman–Crippen LogP) is 6.52. The molecule has 0 amide bonds. The molecule has 5 aromatic rings. The second-order valence-corrected chi connectivity index (χ2v) is 7.47. The van der Waals surface area contributed by atoms with E-state index in [2.05, 4.69) is 23.1 Å². The molecular formula is C26H12N4. The van der Waals surface area contributed by atoms with Crippen molar-refractivity contribution in [3.05, 3.63) is 75.6 Å². The summed E-state index contributed by atoms with van der Waals surface area (Å²) in [6.45, 7) is 11.7. The Hall–Kier alpha value is -4.64. The second-order valence-electron chi connectivity index (χ2n) is 7.47. The number of rotatable bonds is 0. The van der Waals surface area contributed by atoms with Crippen LogP contribution in [0.25, 0.3) is 47.9 Å². The third kappa shape index (κ3) is 1.95. The van der Waals surface area contributed by atoms with Crippen LogP contribution >= 0.6 is 0 Å². The quantitative estimate of drug-likeness (QED) is 0.174. The van der Waals surface area contributed by atoms with Gasteiger partial charge in [0.25, 0.3) is 0 Å². The SMILES string of the molecule is [C-]#[N+]c1cc(C#N)c2c(C)ccc3c4c(C#N)cc(C#N)c5c(C)ccc(c1c23)c54. The average Bonchev–Trinajstić information content (AvgIpc) is 2.78. The van der Waals surface area contributed by atoms with E-state index >= 15 is 0 Å². The van der Waals surface area contributed by atoms with Crippen LogP contribution in [0.2, 0.25) is 0 Å². The highest BCUT2D eigenvalue weighted by Crippen LogP contribution is 2.47. The zero-order valence-electron chi connectivity index (χ0n) is 16.3. The van der Waals surface area contributed by atoms with E-state index in [4.69, 9.17) is 6.57 Å². The maximum atomic E-state index is 9.91. The largest absolute Gasteiger partial charge is 0.237 e. The molecule has 4 nitrogen and oxygen atoms in total. The summed E-state index contributed by atoms with van der Waals surface area (Å²) in [7, 11) is 0. The maximum absolute atomic E-state index is 9.91. The van der Waals surface area contributed by atoms with Crippen molar-refractivity contribution >= 4 is 48.8 Å². The smallest absolute Gasteiger partial charge is 0.196 e. The van der Waals surface area contributed by atoms with Gasteiger partial charge in [0, 0.05) is 21.7 Å². The molecule has 136 valence electrons. The number of hydrogen-bond acceptors (Lipinski definition) is 3. The van der Waals surface area contributed by atoms with Crippen LogP contribution in [0.4, 0.5) is 5.69 Å². The molecule has 0 aromatic heterocycles. The fraction of sp³-hybridized carbons (Fsp3) is 0.0769. The minimum Gasteiger partial charge on any atom is -0.237 e. The Kier molecular flexibility index (Phi) is 3.45. The van der Waals surface area contributed by atoms with E-state index in [-0.39, 0.29) is 0 Å². The fourth-order valence-electron chi connectivity index (χ4n) is 4.78. The van der Waals surface area contributed by atoms with Gasteiger partial charge in [0.2, 0.25) is 0 Å². The van der Waals surface area contributed by atoms with Crippen molar-refractivity contribution in [3.63, 3.8) is 0 Å². The molecule has 0 aliphatic rings. The Bertz CT molecular complexity index is 1610. The van der Waals surface area contributed by atoms with Crippen molar-refractivity contribution in [2.24, 2.45) is 0 Å². The van der Waals surface area contributed by atoms with E-state index in [1.165, 1.54) is 0 Å². The third-order valence-electron chi connectivity index (χ3n) is 5.98. The van der Waals surface area contributed by atoms with E-state index in [0.717, 1.165) is 54.2 Å². The number of aryl methyl sites for hydroxylation is 2. The summed E-state index contributed by atoms with van der Waals surface area (Å²) >= 11 is 0. The zero-order chi connectivity index (χ0) is 21.2. The second kappa shape index (κ2) is 5.93. The molecular weight excluding hydrogens is 368 g/mol. The van der Waals surface area contributed by atoms with Gasteiger partial charge in [-0.2, -0.15) is 15.8 Å². The van der Waals surface area contributed by atoms with Gasteiger partial charge in [0.1, 0.15) is 0 Å². The Morgan fingerprint density at radius 1 is 0.633 bits per heavy atom. The summed E-state index contributed by atoms with van der Waals surface area (Å²) in [4.78, 5) is 3.74. The molecule has 0 unspecified atom stereocenters. The molecule has 0 saturated carbocycles. The first kappa shape index (κ1) is 17.5. The van der Waals surface area contributed by atoms with E-state index < -0.39 is 0 Å². The van der Waals surface area contributed by atoms with Crippen LogP contribution in [-0.4, -0.2) is 0 Å².